The summed E-state index contributed by atoms with van der Waals surface area (Å²) in [5.74, 6) is 1.40. The van der Waals surface area contributed by atoms with Crippen molar-refractivity contribution in [3.63, 3.8) is 0 Å². The fraction of sp³-hybridized carbons (Fsp3) is 0.343. The summed E-state index contributed by atoms with van der Waals surface area (Å²) in [6.45, 7) is 5.58. The van der Waals surface area contributed by atoms with E-state index in [9.17, 15) is 9.90 Å². The molecule has 2 atom stereocenters. The number of hydrogen-bond acceptors (Lipinski definition) is 8. The molecule has 1 unspecified atom stereocenters. The number of ether oxygens (including phenoxy) is 2. The largest absolute Gasteiger partial charge is 0.492 e. The molecule has 0 spiro atoms. The van der Waals surface area contributed by atoms with Crippen molar-refractivity contribution in [2.24, 2.45) is 0 Å². The molecule has 2 aromatic carbocycles. The van der Waals surface area contributed by atoms with Crippen molar-refractivity contribution in [1.29, 1.82) is 0 Å². The lowest BCUT2D eigenvalue weighted by molar-refractivity contribution is -0.119. The van der Waals surface area contributed by atoms with Crippen LogP contribution in [-0.4, -0.2) is 71.4 Å². The number of methoxy groups -OCH3 is 1. The molecule has 11 heteroatoms. The second-order valence-electron chi connectivity index (χ2n) is 11.7. The lowest BCUT2D eigenvalue weighted by atomic mass is 9.99. The molecule has 46 heavy (non-hydrogen) atoms. The van der Waals surface area contributed by atoms with Gasteiger partial charge in [0.15, 0.2) is 0 Å². The zero-order valence-electron chi connectivity index (χ0n) is 25.9. The van der Waals surface area contributed by atoms with Crippen molar-refractivity contribution < 1.29 is 19.4 Å². The normalized spacial score (nSPS) is 17.2. The monoisotopic (exact) mass is 661 g/mol. The minimum atomic E-state index is -0.407. The van der Waals surface area contributed by atoms with Gasteiger partial charge in [0.2, 0.25) is 11.8 Å². The Balaban J connectivity index is 1.25. The minimum Gasteiger partial charge on any atom is -0.492 e. The maximum atomic E-state index is 11.5. The maximum absolute atomic E-state index is 11.5. The van der Waals surface area contributed by atoms with Gasteiger partial charge in [-0.3, -0.25) is 14.7 Å². The zero-order chi connectivity index (χ0) is 32.2. The first-order chi connectivity index (χ1) is 22.3. The number of nitrogens with zero attached hydrogens (tertiary/aromatic N) is 3. The third kappa shape index (κ3) is 7.14. The van der Waals surface area contributed by atoms with E-state index in [-0.39, 0.29) is 11.9 Å². The molecule has 4 aromatic rings. The van der Waals surface area contributed by atoms with E-state index in [1.54, 1.807) is 20.2 Å². The molecule has 240 valence electrons. The van der Waals surface area contributed by atoms with Gasteiger partial charge >= 0.3 is 0 Å². The van der Waals surface area contributed by atoms with Crippen LogP contribution in [-0.2, 0) is 17.9 Å². The Labute approximate surface area is 278 Å². The lowest BCUT2D eigenvalue weighted by Gasteiger charge is -2.20. The van der Waals surface area contributed by atoms with Crippen molar-refractivity contribution in [1.82, 2.24) is 25.5 Å². The Kier molecular flexibility index (Phi) is 10.1. The molecule has 0 bridgehead atoms. The number of aliphatic hydroxyl groups excluding tert-OH is 1. The van der Waals surface area contributed by atoms with E-state index >= 15 is 0 Å². The molecule has 9 nitrogen and oxygen atoms in total. The van der Waals surface area contributed by atoms with E-state index < -0.39 is 6.10 Å². The predicted molar refractivity (Wildman–Crippen MR) is 180 cm³/mol. The molecule has 2 aromatic heterocycles. The number of hydrogen-bond donors (Lipinski definition) is 3. The summed E-state index contributed by atoms with van der Waals surface area (Å²) in [6, 6.07) is 17.7. The van der Waals surface area contributed by atoms with Gasteiger partial charge in [0.25, 0.3) is 0 Å². The van der Waals surface area contributed by atoms with Crippen LogP contribution in [0.3, 0.4) is 0 Å². The SMILES string of the molecule is COc1nc(-c2cccc(-c3ccnc(-c4ccc5c(c4)OCCN(CC(C)O)C5)c3Cl)c2Cl)ccc1CNC[C@@H]1CCC(=O)N1. The van der Waals surface area contributed by atoms with Crippen molar-refractivity contribution in [3.8, 4) is 45.3 Å². The molecule has 2 aliphatic rings. The summed E-state index contributed by atoms with van der Waals surface area (Å²) in [7, 11) is 1.60. The molecule has 1 amide bonds. The Morgan fingerprint density at radius 3 is 2.74 bits per heavy atom. The highest BCUT2D eigenvalue weighted by Crippen LogP contribution is 2.42. The van der Waals surface area contributed by atoms with Crippen LogP contribution in [0.4, 0.5) is 0 Å². The fourth-order valence-corrected chi connectivity index (χ4v) is 6.68. The second-order valence-corrected chi connectivity index (χ2v) is 12.5. The lowest BCUT2D eigenvalue weighted by Crippen LogP contribution is -2.35. The number of benzene rings is 2. The summed E-state index contributed by atoms with van der Waals surface area (Å²) < 4.78 is 11.7. The highest BCUT2D eigenvalue weighted by Gasteiger charge is 2.22. The highest BCUT2D eigenvalue weighted by molar-refractivity contribution is 6.39. The first-order valence-corrected chi connectivity index (χ1v) is 16.2. The first-order valence-electron chi connectivity index (χ1n) is 15.4. The Morgan fingerprint density at radius 2 is 1.96 bits per heavy atom. The van der Waals surface area contributed by atoms with Gasteiger partial charge in [-0.15, -0.1) is 0 Å². The minimum absolute atomic E-state index is 0.101. The number of aliphatic hydroxyl groups is 1. The number of β-amino-alcohol motifs (C(OH)–C–C–N with tert-alkyl or cyclic N) is 1. The summed E-state index contributed by atoms with van der Waals surface area (Å²) in [5.41, 5.74) is 6.37. The Morgan fingerprint density at radius 1 is 1.13 bits per heavy atom. The molecule has 1 saturated heterocycles. The van der Waals surface area contributed by atoms with E-state index in [0.717, 1.165) is 52.1 Å². The van der Waals surface area contributed by atoms with Gasteiger partial charge in [-0.05, 0) is 31.5 Å². The maximum Gasteiger partial charge on any atom is 0.220 e. The molecular weight excluding hydrogens is 625 g/mol. The molecule has 0 radical (unpaired) electrons. The van der Waals surface area contributed by atoms with Crippen molar-refractivity contribution >= 4 is 29.1 Å². The quantitative estimate of drug-likeness (QED) is 0.198. The van der Waals surface area contributed by atoms with Gasteiger partial charge < -0.3 is 25.2 Å². The molecule has 0 aliphatic carbocycles. The van der Waals surface area contributed by atoms with E-state index in [2.05, 4.69) is 20.5 Å². The van der Waals surface area contributed by atoms with Crippen molar-refractivity contribution in [2.75, 3.05) is 33.4 Å². The molecule has 4 heterocycles. The molecule has 1 fully saturated rings. The summed E-state index contributed by atoms with van der Waals surface area (Å²) in [5, 5.41) is 17.2. The molecule has 0 saturated carbocycles. The standard InChI is InChI=1S/C35H37Cl2N5O4/c1-21(43)19-42-14-15-46-30-16-22(6-7-24(30)20-42)34-33(37)27(12-13-39-34)26-4-3-5-28(32(26)36)29-10-8-23(35(41-29)45-2)17-38-18-25-9-11-31(44)40-25/h3-8,10,12-13,16,21,25,38,43H,9,11,14-15,17-20H2,1-2H3,(H,40,44)/t21?,25-/m0/s1. The van der Waals surface area contributed by atoms with Gasteiger partial charge in [-0.1, -0.05) is 59.6 Å². The molecule has 2 aliphatic heterocycles. The van der Waals surface area contributed by atoms with Gasteiger partial charge in [0.1, 0.15) is 12.4 Å². The average molecular weight is 663 g/mol. The predicted octanol–water partition coefficient (Wildman–Crippen LogP) is 5.74. The first kappa shape index (κ1) is 32.2. The number of pyridine rings is 2. The molecule has 3 N–H and O–H groups in total. The number of carbonyl (C=O) groups is 1. The van der Waals surface area contributed by atoms with Crippen LogP contribution in [0, 0.1) is 0 Å². The molecule has 6 rings (SSSR count). The average Bonchev–Trinajstić information content (AvgIpc) is 3.35. The number of amides is 1. The van der Waals surface area contributed by atoms with Crippen LogP contribution < -0.4 is 20.1 Å². The van der Waals surface area contributed by atoms with E-state index in [0.29, 0.717) is 66.5 Å². The Bertz CT molecular complexity index is 1730. The highest BCUT2D eigenvalue weighted by atomic mass is 35.5. The number of nitrogens with one attached hydrogen (secondary N) is 2. The van der Waals surface area contributed by atoms with Crippen LogP contribution in [0.2, 0.25) is 10.0 Å². The van der Waals surface area contributed by atoms with Gasteiger partial charge in [-0.2, -0.15) is 0 Å². The van der Waals surface area contributed by atoms with Crippen LogP contribution in [0.25, 0.3) is 33.6 Å². The third-order valence-electron chi connectivity index (χ3n) is 8.30. The van der Waals surface area contributed by atoms with Crippen LogP contribution >= 0.6 is 23.2 Å². The number of fused-ring (bicyclic) bond motifs is 1. The van der Waals surface area contributed by atoms with E-state index in [1.807, 2.05) is 54.6 Å². The van der Waals surface area contributed by atoms with E-state index in [4.69, 9.17) is 37.7 Å². The van der Waals surface area contributed by atoms with Gasteiger partial charge in [0.05, 0.1) is 34.6 Å². The number of halogens is 2. The number of rotatable bonds is 10. The van der Waals surface area contributed by atoms with Crippen molar-refractivity contribution in [2.45, 2.75) is 45.0 Å². The number of carbonyl (C=O) groups excluding carboxylic acids is 1. The number of aromatic nitrogens is 2. The van der Waals surface area contributed by atoms with Gasteiger partial charge in [0, 0.05) is 84.8 Å². The zero-order valence-corrected chi connectivity index (χ0v) is 27.4. The van der Waals surface area contributed by atoms with Crippen LogP contribution in [0.1, 0.15) is 30.9 Å². The fourth-order valence-electron chi connectivity index (χ4n) is 6.03. The van der Waals surface area contributed by atoms with Gasteiger partial charge in [-0.25, -0.2) is 4.98 Å². The Hall–Kier alpha value is -3.73. The van der Waals surface area contributed by atoms with Crippen LogP contribution in [0.5, 0.6) is 11.6 Å². The van der Waals surface area contributed by atoms with E-state index in [1.165, 1.54) is 0 Å². The summed E-state index contributed by atoms with van der Waals surface area (Å²) in [4.78, 5) is 23.1. The molecular formula is C35H37Cl2N5O4. The van der Waals surface area contributed by atoms with Crippen LogP contribution in [0.15, 0.2) is 60.8 Å². The second kappa shape index (κ2) is 14.4. The summed E-state index contributed by atoms with van der Waals surface area (Å²) >= 11 is 14.1. The summed E-state index contributed by atoms with van der Waals surface area (Å²) in [6.07, 6.45) is 2.74. The third-order valence-corrected chi connectivity index (χ3v) is 9.09. The van der Waals surface area contributed by atoms with Crippen molar-refractivity contribution in [3.05, 3.63) is 82.0 Å². The topological polar surface area (TPSA) is 109 Å². The smallest absolute Gasteiger partial charge is 0.220 e.